The molecule has 8 heteroatoms. The second kappa shape index (κ2) is 7.49. The lowest BCUT2D eigenvalue weighted by atomic mass is 10.1. The van der Waals surface area contributed by atoms with Gasteiger partial charge in [-0.3, -0.25) is 14.6 Å². The number of fused-ring (bicyclic) bond motifs is 1. The van der Waals surface area contributed by atoms with Gasteiger partial charge in [-0.2, -0.15) is 5.10 Å². The number of aryl methyl sites for hydroxylation is 1. The molecule has 2 aromatic heterocycles. The van der Waals surface area contributed by atoms with Gasteiger partial charge < -0.3 is 9.40 Å². The highest BCUT2D eigenvalue weighted by atomic mass is 32.1. The lowest BCUT2D eigenvalue weighted by Crippen LogP contribution is -2.23. The van der Waals surface area contributed by atoms with E-state index in [1.165, 1.54) is 6.07 Å². The van der Waals surface area contributed by atoms with Crippen molar-refractivity contribution in [2.24, 2.45) is 5.10 Å². The zero-order valence-electron chi connectivity index (χ0n) is 14.4. The highest BCUT2D eigenvalue weighted by molar-refractivity contribution is 7.71. The fraction of sp³-hybridized carbons (Fsp3) is 0.222. The molecule has 0 atom stereocenters. The van der Waals surface area contributed by atoms with Crippen molar-refractivity contribution in [3.63, 3.8) is 0 Å². The van der Waals surface area contributed by atoms with Gasteiger partial charge in [0.25, 0.3) is 5.56 Å². The first-order valence-corrected chi connectivity index (χ1v) is 8.55. The van der Waals surface area contributed by atoms with Gasteiger partial charge in [0.1, 0.15) is 11.3 Å². The molecule has 0 unspecified atom stereocenters. The molecule has 0 radical (unpaired) electrons. The zero-order valence-corrected chi connectivity index (χ0v) is 15.2. The Morgan fingerprint density at radius 3 is 2.81 bits per heavy atom. The predicted molar refractivity (Wildman–Crippen MR) is 102 cm³/mol. The van der Waals surface area contributed by atoms with Crippen molar-refractivity contribution in [1.82, 2.24) is 15.4 Å². The van der Waals surface area contributed by atoms with Crippen LogP contribution >= 0.6 is 12.2 Å². The summed E-state index contributed by atoms with van der Waals surface area (Å²) < 4.78 is 6.06. The van der Waals surface area contributed by atoms with E-state index in [1.807, 2.05) is 31.2 Å². The molecule has 0 saturated heterocycles. The molecule has 0 aliphatic carbocycles. The molecule has 0 spiro atoms. The molecule has 3 aromatic rings. The number of carbonyl (C=O) groups is 1. The van der Waals surface area contributed by atoms with Crippen LogP contribution in [0.4, 0.5) is 0 Å². The SMILES string of the molecule is CCc1c(/C(C)=N\NC(=O)Cc2cc(=O)[nH]c(=S)[nH]2)oc2ccccc12. The average molecular weight is 370 g/mol. The van der Waals surface area contributed by atoms with Crippen molar-refractivity contribution in [3.8, 4) is 0 Å². The number of hydrogen-bond donors (Lipinski definition) is 3. The molecule has 26 heavy (non-hydrogen) atoms. The lowest BCUT2D eigenvalue weighted by molar-refractivity contribution is -0.120. The zero-order chi connectivity index (χ0) is 18.7. The highest BCUT2D eigenvalue weighted by Gasteiger charge is 2.15. The van der Waals surface area contributed by atoms with Gasteiger partial charge in [-0.25, -0.2) is 5.43 Å². The van der Waals surface area contributed by atoms with Crippen LogP contribution < -0.4 is 11.0 Å². The summed E-state index contributed by atoms with van der Waals surface area (Å²) in [6, 6.07) is 9.07. The molecule has 0 saturated carbocycles. The molecular formula is C18H18N4O3S. The van der Waals surface area contributed by atoms with Gasteiger partial charge in [0.05, 0.1) is 6.42 Å². The van der Waals surface area contributed by atoms with Crippen molar-refractivity contribution in [1.29, 1.82) is 0 Å². The number of H-pyrrole nitrogens is 2. The Kier molecular flexibility index (Phi) is 5.13. The molecule has 3 N–H and O–H groups in total. The second-order valence-corrected chi connectivity index (χ2v) is 6.19. The number of aromatic nitrogens is 2. The third-order valence-corrected chi connectivity index (χ3v) is 4.10. The van der Waals surface area contributed by atoms with E-state index in [0.29, 0.717) is 17.2 Å². The van der Waals surface area contributed by atoms with E-state index in [9.17, 15) is 9.59 Å². The summed E-state index contributed by atoms with van der Waals surface area (Å²) in [6.45, 7) is 3.82. The van der Waals surface area contributed by atoms with Crippen molar-refractivity contribution in [3.05, 3.63) is 62.5 Å². The van der Waals surface area contributed by atoms with E-state index in [2.05, 4.69) is 20.5 Å². The first-order chi connectivity index (χ1) is 12.5. The van der Waals surface area contributed by atoms with Crippen LogP contribution in [0.1, 0.15) is 30.9 Å². The summed E-state index contributed by atoms with van der Waals surface area (Å²) >= 11 is 4.89. The van der Waals surface area contributed by atoms with E-state index in [4.69, 9.17) is 16.6 Å². The minimum absolute atomic E-state index is 0.0366. The molecule has 0 bridgehead atoms. The van der Waals surface area contributed by atoms with Crippen LogP contribution in [0.5, 0.6) is 0 Å². The summed E-state index contributed by atoms with van der Waals surface area (Å²) in [7, 11) is 0. The molecular weight excluding hydrogens is 352 g/mol. The number of hydrogen-bond acceptors (Lipinski definition) is 5. The summed E-state index contributed by atoms with van der Waals surface area (Å²) in [4.78, 5) is 28.6. The second-order valence-electron chi connectivity index (χ2n) is 5.78. The smallest absolute Gasteiger partial charge is 0.251 e. The summed E-state index contributed by atoms with van der Waals surface area (Å²) in [5, 5.41) is 5.18. The maximum Gasteiger partial charge on any atom is 0.251 e. The topological polar surface area (TPSA) is 103 Å². The fourth-order valence-corrected chi connectivity index (χ4v) is 3.00. The van der Waals surface area contributed by atoms with Crippen LogP contribution in [0.15, 0.2) is 44.6 Å². The molecule has 7 nitrogen and oxygen atoms in total. The van der Waals surface area contributed by atoms with Gasteiger partial charge in [-0.15, -0.1) is 0 Å². The number of nitrogens with zero attached hydrogens (tertiary/aromatic N) is 1. The van der Waals surface area contributed by atoms with Gasteiger partial charge >= 0.3 is 0 Å². The van der Waals surface area contributed by atoms with Gasteiger partial charge in [-0.1, -0.05) is 25.1 Å². The Morgan fingerprint density at radius 1 is 1.31 bits per heavy atom. The summed E-state index contributed by atoms with van der Waals surface area (Å²) in [6.07, 6.45) is 0.752. The Balaban J connectivity index is 1.79. The lowest BCUT2D eigenvalue weighted by Gasteiger charge is -2.03. The molecule has 0 fully saturated rings. The predicted octanol–water partition coefficient (Wildman–Crippen LogP) is 2.82. The number of benzene rings is 1. The van der Waals surface area contributed by atoms with Crippen LogP contribution in [0.2, 0.25) is 0 Å². The number of carbonyl (C=O) groups excluding carboxylic acids is 1. The Morgan fingerprint density at radius 2 is 2.08 bits per heavy atom. The van der Waals surface area contributed by atoms with Crippen LogP contribution in [-0.4, -0.2) is 21.6 Å². The van der Waals surface area contributed by atoms with Crippen molar-refractivity contribution < 1.29 is 9.21 Å². The van der Waals surface area contributed by atoms with Crippen LogP contribution in [-0.2, 0) is 17.6 Å². The largest absolute Gasteiger partial charge is 0.454 e. The highest BCUT2D eigenvalue weighted by Crippen LogP contribution is 2.26. The molecule has 1 amide bonds. The first kappa shape index (κ1) is 17.8. The molecule has 3 rings (SSSR count). The third kappa shape index (κ3) is 3.80. The van der Waals surface area contributed by atoms with Crippen LogP contribution in [0.25, 0.3) is 11.0 Å². The number of nitrogens with one attached hydrogen (secondary N) is 3. The van der Waals surface area contributed by atoms with Crippen LogP contribution in [0.3, 0.4) is 0 Å². The monoisotopic (exact) mass is 370 g/mol. The summed E-state index contributed by atoms with van der Waals surface area (Å²) in [5.74, 6) is 0.291. The van der Waals surface area contributed by atoms with Gasteiger partial charge in [0.2, 0.25) is 5.91 Å². The number of rotatable bonds is 5. The van der Waals surface area contributed by atoms with Crippen molar-refractivity contribution >= 4 is 34.8 Å². The van der Waals surface area contributed by atoms with Crippen LogP contribution in [0, 0.1) is 4.77 Å². The number of furan rings is 1. The number of amides is 1. The number of hydrazone groups is 1. The standard InChI is InChI=1S/C18H18N4O3S/c1-3-12-13-6-4-5-7-14(13)25-17(12)10(2)21-22-16(24)9-11-8-15(23)20-18(26)19-11/h4-8H,3,9H2,1-2H3,(H,22,24)(H2,19,20,23,26)/b21-10-. The first-order valence-electron chi connectivity index (χ1n) is 8.14. The van der Waals surface area contributed by atoms with Gasteiger partial charge in [-0.05, 0) is 31.6 Å². The number of para-hydroxylation sites is 1. The minimum Gasteiger partial charge on any atom is -0.454 e. The Hall–Kier alpha value is -3.00. The quantitative estimate of drug-likeness (QED) is 0.365. The van der Waals surface area contributed by atoms with Crippen molar-refractivity contribution in [2.45, 2.75) is 26.7 Å². The van der Waals surface area contributed by atoms with E-state index in [0.717, 1.165) is 23.0 Å². The van der Waals surface area contributed by atoms with E-state index in [-0.39, 0.29) is 22.7 Å². The van der Waals surface area contributed by atoms with E-state index < -0.39 is 0 Å². The van der Waals surface area contributed by atoms with E-state index >= 15 is 0 Å². The molecule has 134 valence electrons. The third-order valence-electron chi connectivity index (χ3n) is 3.90. The van der Waals surface area contributed by atoms with E-state index in [1.54, 1.807) is 6.92 Å². The number of aromatic amines is 2. The normalized spacial score (nSPS) is 11.7. The average Bonchev–Trinajstić information content (AvgIpc) is 2.97. The minimum atomic E-state index is -0.366. The molecule has 2 heterocycles. The molecule has 0 aliphatic rings. The maximum absolute atomic E-state index is 12.1. The Bertz CT molecular complexity index is 1080. The molecule has 1 aromatic carbocycles. The van der Waals surface area contributed by atoms with Crippen molar-refractivity contribution in [2.75, 3.05) is 0 Å². The molecule has 0 aliphatic heterocycles. The Labute approximate surface area is 154 Å². The van der Waals surface area contributed by atoms with Gasteiger partial charge in [0, 0.05) is 22.7 Å². The maximum atomic E-state index is 12.1. The summed E-state index contributed by atoms with van der Waals surface area (Å²) in [5.41, 5.74) is 4.96. The van der Waals surface area contributed by atoms with Gasteiger partial charge in [0.15, 0.2) is 10.5 Å². The fourth-order valence-electron chi connectivity index (χ4n) is 2.77.